The highest BCUT2D eigenvalue weighted by atomic mass is 17.3. The molecule has 0 aliphatic heterocycles. The Kier molecular flexibility index (Phi) is 17.1. The topological polar surface area (TPSA) is 57.2 Å². The van der Waals surface area contributed by atoms with Crippen LogP contribution < -0.4 is 0 Å². The number of aliphatic hydroxyl groups is 1. The first-order chi connectivity index (χ1) is 12.2. The van der Waals surface area contributed by atoms with E-state index in [2.05, 4.69) is 6.92 Å². The molecule has 25 heavy (non-hydrogen) atoms. The van der Waals surface area contributed by atoms with Crippen molar-refractivity contribution in [1.29, 1.82) is 0 Å². The second kappa shape index (κ2) is 17.2. The van der Waals surface area contributed by atoms with Gasteiger partial charge in [0.05, 0.1) is 13.2 Å². The van der Waals surface area contributed by atoms with Crippen molar-refractivity contribution in [2.75, 3.05) is 19.8 Å². The van der Waals surface area contributed by atoms with Crippen molar-refractivity contribution in [3.05, 3.63) is 0 Å². The monoisotopic (exact) mass is 362 g/mol. The van der Waals surface area contributed by atoms with Crippen LogP contribution in [0.5, 0.6) is 0 Å². The molecule has 1 N–H and O–H groups in total. The van der Waals surface area contributed by atoms with Gasteiger partial charge in [0.2, 0.25) is 5.79 Å². The minimum atomic E-state index is -0.948. The Bertz CT molecular complexity index is 263. The fourth-order valence-electron chi connectivity index (χ4n) is 2.92. The average molecular weight is 363 g/mol. The van der Waals surface area contributed by atoms with Crippen molar-refractivity contribution in [1.82, 2.24) is 0 Å². The van der Waals surface area contributed by atoms with Gasteiger partial charge in [-0.15, -0.1) is 0 Å². The second-order valence-corrected chi connectivity index (χ2v) is 6.74. The number of rotatable bonds is 19. The molecule has 5 nitrogen and oxygen atoms in total. The minimum Gasteiger partial charge on any atom is -0.396 e. The van der Waals surface area contributed by atoms with E-state index < -0.39 is 5.79 Å². The predicted molar refractivity (Wildman–Crippen MR) is 101 cm³/mol. The van der Waals surface area contributed by atoms with Crippen LogP contribution in [0, 0.1) is 5.92 Å². The van der Waals surface area contributed by atoms with Crippen LogP contribution in [0.25, 0.3) is 0 Å². The first-order valence-corrected chi connectivity index (χ1v) is 10.4. The van der Waals surface area contributed by atoms with Gasteiger partial charge in [-0.3, -0.25) is 0 Å². The maximum absolute atomic E-state index is 9.52. The molecule has 5 heteroatoms. The van der Waals surface area contributed by atoms with Crippen LogP contribution in [-0.2, 0) is 19.6 Å². The molecule has 0 fully saturated rings. The van der Waals surface area contributed by atoms with Gasteiger partial charge >= 0.3 is 0 Å². The Labute approximate surface area is 155 Å². The van der Waals surface area contributed by atoms with Gasteiger partial charge in [-0.1, -0.05) is 66.2 Å². The van der Waals surface area contributed by atoms with Crippen LogP contribution in [0.4, 0.5) is 0 Å². The zero-order valence-corrected chi connectivity index (χ0v) is 17.1. The van der Waals surface area contributed by atoms with Crippen molar-refractivity contribution < 1.29 is 24.7 Å². The highest BCUT2D eigenvalue weighted by Crippen LogP contribution is 2.35. The first kappa shape index (κ1) is 24.8. The molecule has 1 unspecified atom stereocenters. The summed E-state index contributed by atoms with van der Waals surface area (Å²) in [4.78, 5) is 22.2. The molecule has 0 heterocycles. The standard InChI is InChI=1S/C20H42O5/c1-5-9-10-11-12-13-14-19(15-16-21)20(8-4,24-22-17-6-2)25-23-18-7-3/h19,21H,5-18H2,1-4H3. The van der Waals surface area contributed by atoms with E-state index in [1.54, 1.807) is 0 Å². The molecule has 0 aliphatic carbocycles. The van der Waals surface area contributed by atoms with Crippen molar-refractivity contribution in [2.24, 2.45) is 5.92 Å². The lowest BCUT2D eigenvalue weighted by Gasteiger charge is -2.36. The van der Waals surface area contributed by atoms with Gasteiger partial charge in [0.15, 0.2) is 0 Å². The largest absolute Gasteiger partial charge is 0.396 e. The zero-order chi connectivity index (χ0) is 18.8. The van der Waals surface area contributed by atoms with E-state index in [1.165, 1.54) is 32.1 Å². The van der Waals surface area contributed by atoms with Crippen LogP contribution in [-0.4, -0.2) is 30.7 Å². The molecule has 152 valence electrons. The van der Waals surface area contributed by atoms with E-state index in [1.807, 2.05) is 20.8 Å². The summed E-state index contributed by atoms with van der Waals surface area (Å²) in [6.45, 7) is 9.45. The fraction of sp³-hybridized carbons (Fsp3) is 1.00. The summed E-state index contributed by atoms with van der Waals surface area (Å²) in [6, 6.07) is 0. The molecule has 0 saturated carbocycles. The van der Waals surface area contributed by atoms with E-state index in [0.717, 1.165) is 25.7 Å². The highest BCUT2D eigenvalue weighted by Gasteiger charge is 2.42. The zero-order valence-electron chi connectivity index (χ0n) is 17.1. The number of hydrogen-bond donors (Lipinski definition) is 1. The van der Waals surface area contributed by atoms with Crippen LogP contribution in [0.3, 0.4) is 0 Å². The normalized spacial score (nSPS) is 13.3. The molecular formula is C20H42O5. The number of aliphatic hydroxyl groups excluding tert-OH is 1. The molecular weight excluding hydrogens is 320 g/mol. The smallest absolute Gasteiger partial charge is 0.236 e. The van der Waals surface area contributed by atoms with Gasteiger partial charge in [0, 0.05) is 18.9 Å². The number of unbranched alkanes of at least 4 members (excludes halogenated alkanes) is 5. The second-order valence-electron chi connectivity index (χ2n) is 6.74. The van der Waals surface area contributed by atoms with Crippen LogP contribution in [0.2, 0.25) is 0 Å². The Morgan fingerprint density at radius 3 is 1.76 bits per heavy atom. The molecule has 0 aliphatic rings. The summed E-state index contributed by atoms with van der Waals surface area (Å²) < 4.78 is 0. The van der Waals surface area contributed by atoms with Crippen molar-refractivity contribution in [3.8, 4) is 0 Å². The van der Waals surface area contributed by atoms with Gasteiger partial charge in [0.25, 0.3) is 0 Å². The average Bonchev–Trinajstić information content (AvgIpc) is 2.63. The first-order valence-electron chi connectivity index (χ1n) is 10.4. The molecule has 0 spiro atoms. The third-order valence-corrected chi connectivity index (χ3v) is 4.47. The van der Waals surface area contributed by atoms with E-state index >= 15 is 0 Å². The van der Waals surface area contributed by atoms with Crippen LogP contribution in [0.1, 0.15) is 98.3 Å². The summed E-state index contributed by atoms with van der Waals surface area (Å²) in [5, 5.41) is 9.52. The summed E-state index contributed by atoms with van der Waals surface area (Å²) in [6.07, 6.45) is 11.3. The maximum Gasteiger partial charge on any atom is 0.236 e. The fourth-order valence-corrected chi connectivity index (χ4v) is 2.92. The van der Waals surface area contributed by atoms with E-state index in [0.29, 0.717) is 26.1 Å². The van der Waals surface area contributed by atoms with Gasteiger partial charge in [-0.25, -0.2) is 9.78 Å². The minimum absolute atomic E-state index is 0.0439. The Hall–Kier alpha value is -0.200. The molecule has 0 amide bonds. The Morgan fingerprint density at radius 2 is 1.28 bits per heavy atom. The summed E-state index contributed by atoms with van der Waals surface area (Å²) >= 11 is 0. The quantitative estimate of drug-likeness (QED) is 0.141. The third kappa shape index (κ3) is 11.2. The van der Waals surface area contributed by atoms with Gasteiger partial charge in [-0.05, 0) is 25.7 Å². The SMILES string of the molecule is CCCCCCCCC(CCO)C(CC)(OOCCC)OOCCC. The predicted octanol–water partition coefficient (Wildman–Crippen LogP) is 5.56. The molecule has 0 saturated heterocycles. The molecule has 1 atom stereocenters. The summed E-state index contributed by atoms with van der Waals surface area (Å²) in [5.41, 5.74) is 0. The van der Waals surface area contributed by atoms with Gasteiger partial charge in [-0.2, -0.15) is 9.78 Å². The molecule has 0 bridgehead atoms. The van der Waals surface area contributed by atoms with Crippen LogP contribution in [0.15, 0.2) is 0 Å². The lowest BCUT2D eigenvalue weighted by atomic mass is 9.88. The molecule has 0 aromatic heterocycles. The maximum atomic E-state index is 9.52. The van der Waals surface area contributed by atoms with E-state index in [-0.39, 0.29) is 12.5 Å². The van der Waals surface area contributed by atoms with E-state index in [9.17, 15) is 5.11 Å². The van der Waals surface area contributed by atoms with Crippen molar-refractivity contribution in [2.45, 2.75) is 104 Å². The van der Waals surface area contributed by atoms with Crippen molar-refractivity contribution >= 4 is 0 Å². The Morgan fingerprint density at radius 1 is 0.720 bits per heavy atom. The Balaban J connectivity index is 4.73. The molecule has 0 aromatic carbocycles. The molecule has 0 rings (SSSR count). The van der Waals surface area contributed by atoms with Gasteiger partial charge in [0.1, 0.15) is 0 Å². The lowest BCUT2D eigenvalue weighted by Crippen LogP contribution is -2.44. The third-order valence-electron chi connectivity index (χ3n) is 4.47. The van der Waals surface area contributed by atoms with Crippen molar-refractivity contribution in [3.63, 3.8) is 0 Å². The van der Waals surface area contributed by atoms with Crippen LogP contribution >= 0.6 is 0 Å². The molecule has 0 aromatic rings. The summed E-state index contributed by atoms with van der Waals surface area (Å²) in [7, 11) is 0. The lowest BCUT2D eigenvalue weighted by molar-refractivity contribution is -0.525. The summed E-state index contributed by atoms with van der Waals surface area (Å²) in [5.74, 6) is -0.904. The van der Waals surface area contributed by atoms with Gasteiger partial charge < -0.3 is 5.11 Å². The molecule has 0 radical (unpaired) electrons. The highest BCUT2D eigenvalue weighted by molar-refractivity contribution is 4.77. The number of hydrogen-bond acceptors (Lipinski definition) is 5. The van der Waals surface area contributed by atoms with E-state index in [4.69, 9.17) is 19.6 Å².